The third kappa shape index (κ3) is 3.04. The van der Waals surface area contributed by atoms with Gasteiger partial charge in [-0.25, -0.2) is 4.98 Å². The Kier molecular flexibility index (Phi) is 4.49. The van der Waals surface area contributed by atoms with Gasteiger partial charge in [-0.2, -0.15) is 0 Å². The van der Waals surface area contributed by atoms with Crippen LogP contribution in [0.25, 0.3) is 0 Å². The monoisotopic (exact) mass is 296 g/mol. The van der Waals surface area contributed by atoms with E-state index in [9.17, 15) is 9.90 Å². The van der Waals surface area contributed by atoms with Gasteiger partial charge in [0.25, 0.3) is 5.91 Å². The quantitative estimate of drug-likeness (QED) is 0.913. The van der Waals surface area contributed by atoms with Gasteiger partial charge in [-0.15, -0.1) is 11.3 Å². The average Bonchev–Trinajstić information content (AvgIpc) is 2.87. The van der Waals surface area contributed by atoms with E-state index in [-0.39, 0.29) is 24.0 Å². The fourth-order valence-corrected chi connectivity index (χ4v) is 3.57. The standard InChI is InChI=1S/C15H24N2O2S/c1-10-6-5-7-17(11(10)9-18)13(19)12-8-16-14(20-12)15(2,3)4/h8,10-11,18H,5-7,9H2,1-4H3. The van der Waals surface area contributed by atoms with E-state index in [2.05, 4.69) is 32.7 Å². The number of carbonyl (C=O) groups is 1. The van der Waals surface area contributed by atoms with Crippen molar-refractivity contribution >= 4 is 17.2 Å². The molecule has 1 aliphatic heterocycles. The summed E-state index contributed by atoms with van der Waals surface area (Å²) in [6.45, 7) is 9.17. The van der Waals surface area contributed by atoms with Crippen molar-refractivity contribution in [1.29, 1.82) is 0 Å². The number of nitrogens with zero attached hydrogens (tertiary/aromatic N) is 2. The van der Waals surface area contributed by atoms with Crippen LogP contribution in [-0.2, 0) is 5.41 Å². The first-order chi connectivity index (χ1) is 9.34. The Balaban J connectivity index is 2.20. The minimum Gasteiger partial charge on any atom is -0.394 e. The van der Waals surface area contributed by atoms with Crippen LogP contribution in [0.5, 0.6) is 0 Å². The maximum atomic E-state index is 12.6. The molecule has 2 atom stereocenters. The van der Waals surface area contributed by atoms with Gasteiger partial charge in [0.05, 0.1) is 23.9 Å². The molecule has 1 amide bonds. The van der Waals surface area contributed by atoms with E-state index in [1.54, 1.807) is 6.20 Å². The van der Waals surface area contributed by atoms with Crippen LogP contribution in [0.15, 0.2) is 6.20 Å². The number of carbonyl (C=O) groups excluding carboxylic acids is 1. The van der Waals surface area contributed by atoms with E-state index in [4.69, 9.17) is 0 Å². The zero-order valence-corrected chi connectivity index (χ0v) is 13.5. The predicted octanol–water partition coefficient (Wildman–Crippen LogP) is 2.67. The van der Waals surface area contributed by atoms with Crippen molar-refractivity contribution in [2.45, 2.75) is 52.0 Å². The van der Waals surface area contributed by atoms with Crippen LogP contribution < -0.4 is 0 Å². The first-order valence-corrected chi connectivity index (χ1v) is 8.04. The number of likely N-dealkylation sites (tertiary alicyclic amines) is 1. The summed E-state index contributed by atoms with van der Waals surface area (Å²) in [6, 6.07) is -0.0589. The van der Waals surface area contributed by atoms with E-state index < -0.39 is 0 Å². The van der Waals surface area contributed by atoms with E-state index >= 15 is 0 Å². The Morgan fingerprint density at radius 3 is 2.80 bits per heavy atom. The molecule has 4 nitrogen and oxygen atoms in total. The van der Waals surface area contributed by atoms with Gasteiger partial charge in [-0.1, -0.05) is 27.7 Å². The van der Waals surface area contributed by atoms with Crippen LogP contribution in [0.2, 0.25) is 0 Å². The van der Waals surface area contributed by atoms with E-state index in [0.717, 1.165) is 24.4 Å². The third-order valence-corrected chi connectivity index (χ3v) is 5.33. The molecule has 1 fully saturated rings. The van der Waals surface area contributed by atoms with Gasteiger partial charge in [-0.3, -0.25) is 4.79 Å². The molecular formula is C15H24N2O2S. The number of rotatable bonds is 2. The maximum absolute atomic E-state index is 12.6. The van der Waals surface area contributed by atoms with Crippen molar-refractivity contribution in [3.8, 4) is 0 Å². The van der Waals surface area contributed by atoms with Gasteiger partial charge in [0, 0.05) is 12.0 Å². The molecule has 2 unspecified atom stereocenters. The number of aromatic nitrogens is 1. The van der Waals surface area contributed by atoms with Gasteiger partial charge < -0.3 is 10.0 Å². The topological polar surface area (TPSA) is 53.4 Å². The van der Waals surface area contributed by atoms with Gasteiger partial charge >= 0.3 is 0 Å². The summed E-state index contributed by atoms with van der Waals surface area (Å²) in [5.41, 5.74) is -0.0330. The Bertz CT molecular complexity index is 478. The van der Waals surface area contributed by atoms with Crippen LogP contribution >= 0.6 is 11.3 Å². The summed E-state index contributed by atoms with van der Waals surface area (Å²) in [4.78, 5) is 19.5. The Labute approximate surface area is 124 Å². The van der Waals surface area contributed by atoms with Crippen molar-refractivity contribution in [3.05, 3.63) is 16.1 Å². The van der Waals surface area contributed by atoms with E-state index in [1.807, 2.05) is 4.90 Å². The zero-order chi connectivity index (χ0) is 14.9. The number of piperidine rings is 1. The summed E-state index contributed by atoms with van der Waals surface area (Å²) < 4.78 is 0. The highest BCUT2D eigenvalue weighted by molar-refractivity contribution is 7.13. The van der Waals surface area contributed by atoms with Crippen LogP contribution in [0.4, 0.5) is 0 Å². The normalized spacial score (nSPS) is 23.9. The molecule has 0 bridgehead atoms. The van der Waals surface area contributed by atoms with E-state index in [0.29, 0.717) is 10.8 Å². The number of hydrogen-bond donors (Lipinski definition) is 1. The fraction of sp³-hybridized carbons (Fsp3) is 0.733. The van der Waals surface area contributed by atoms with Crippen LogP contribution in [0.3, 0.4) is 0 Å². The number of thiazole rings is 1. The average molecular weight is 296 g/mol. The Hall–Kier alpha value is -0.940. The number of aliphatic hydroxyl groups excluding tert-OH is 1. The molecule has 1 aromatic heterocycles. The minimum atomic E-state index is -0.0589. The maximum Gasteiger partial charge on any atom is 0.265 e. The van der Waals surface area contributed by atoms with Crippen molar-refractivity contribution in [2.24, 2.45) is 5.92 Å². The van der Waals surface area contributed by atoms with Gasteiger partial charge in [0.2, 0.25) is 0 Å². The lowest BCUT2D eigenvalue weighted by atomic mass is 9.91. The fourth-order valence-electron chi connectivity index (χ4n) is 2.64. The van der Waals surface area contributed by atoms with Crippen molar-refractivity contribution in [1.82, 2.24) is 9.88 Å². The molecule has 5 heteroatoms. The molecule has 0 saturated carbocycles. The lowest BCUT2D eigenvalue weighted by Gasteiger charge is -2.38. The number of aliphatic hydroxyl groups is 1. The first kappa shape index (κ1) is 15.4. The second kappa shape index (κ2) is 5.82. The molecule has 0 aromatic carbocycles. The van der Waals surface area contributed by atoms with Crippen LogP contribution in [-0.4, -0.2) is 40.1 Å². The minimum absolute atomic E-state index is 0.0172. The molecule has 20 heavy (non-hydrogen) atoms. The lowest BCUT2D eigenvalue weighted by Crippen LogP contribution is -2.49. The summed E-state index contributed by atoms with van der Waals surface area (Å²) in [5.74, 6) is 0.372. The SMILES string of the molecule is CC1CCCN(C(=O)c2cnc(C(C)(C)C)s2)C1CO. The third-order valence-electron chi connectivity index (χ3n) is 3.92. The molecule has 1 aliphatic rings. The second-order valence-corrected chi connectivity index (χ2v) is 7.68. The summed E-state index contributed by atoms with van der Waals surface area (Å²) in [5, 5.41) is 10.5. The van der Waals surface area contributed by atoms with Crippen LogP contribution in [0, 0.1) is 5.92 Å². The Morgan fingerprint density at radius 1 is 1.55 bits per heavy atom. The molecule has 2 rings (SSSR count). The largest absolute Gasteiger partial charge is 0.394 e. The first-order valence-electron chi connectivity index (χ1n) is 7.22. The lowest BCUT2D eigenvalue weighted by molar-refractivity contribution is 0.0362. The van der Waals surface area contributed by atoms with Crippen molar-refractivity contribution < 1.29 is 9.90 Å². The highest BCUT2D eigenvalue weighted by Gasteiger charge is 2.33. The Morgan fingerprint density at radius 2 is 2.25 bits per heavy atom. The van der Waals surface area contributed by atoms with Crippen molar-refractivity contribution in [2.75, 3.05) is 13.2 Å². The van der Waals surface area contributed by atoms with Gasteiger partial charge in [0.15, 0.2) is 0 Å². The highest BCUT2D eigenvalue weighted by Crippen LogP contribution is 2.30. The molecule has 112 valence electrons. The molecule has 0 aliphatic carbocycles. The number of amides is 1. The zero-order valence-electron chi connectivity index (χ0n) is 12.7. The summed E-state index contributed by atoms with van der Waals surface area (Å²) in [6.07, 6.45) is 3.76. The molecule has 1 aromatic rings. The summed E-state index contributed by atoms with van der Waals surface area (Å²) >= 11 is 1.47. The molecule has 0 spiro atoms. The predicted molar refractivity (Wildman–Crippen MR) is 81.1 cm³/mol. The summed E-state index contributed by atoms with van der Waals surface area (Å²) in [7, 11) is 0. The van der Waals surface area contributed by atoms with Crippen molar-refractivity contribution in [3.63, 3.8) is 0 Å². The van der Waals surface area contributed by atoms with Crippen LogP contribution in [0.1, 0.15) is 55.2 Å². The molecule has 0 radical (unpaired) electrons. The number of hydrogen-bond acceptors (Lipinski definition) is 4. The molecule has 2 heterocycles. The highest BCUT2D eigenvalue weighted by atomic mass is 32.1. The molecule has 1 N–H and O–H groups in total. The molecular weight excluding hydrogens is 272 g/mol. The molecule has 1 saturated heterocycles. The smallest absolute Gasteiger partial charge is 0.265 e. The van der Waals surface area contributed by atoms with E-state index in [1.165, 1.54) is 11.3 Å². The van der Waals surface area contributed by atoms with Gasteiger partial charge in [-0.05, 0) is 18.8 Å². The van der Waals surface area contributed by atoms with Gasteiger partial charge in [0.1, 0.15) is 4.88 Å². The second-order valence-electron chi connectivity index (χ2n) is 6.65.